The number of ether oxygens (including phenoxy) is 2. The molecule has 0 bridgehead atoms. The fraction of sp³-hybridized carbons (Fsp3) is 0.636. The van der Waals surface area contributed by atoms with Crippen LogP contribution in [0.25, 0.3) is 0 Å². The van der Waals surface area contributed by atoms with E-state index in [-0.39, 0.29) is 12.5 Å². The number of likely N-dealkylation sites (tertiary alicyclic amines) is 1. The second-order valence-electron chi connectivity index (χ2n) is 7.60. The van der Waals surface area contributed by atoms with Gasteiger partial charge in [-0.3, -0.25) is 9.63 Å². The standard InChI is InChI=1S/C22H34N2O5/c1-6-9-17(2)23-14-12-22(13-15-23,21(26)28-5)24(18(3)25)29-16-19-10-7-8-11-20(19)27-4/h7-8,10-11,17H,6,9,12-16H2,1-5H3. The van der Waals surface area contributed by atoms with E-state index in [1.807, 2.05) is 24.3 Å². The minimum atomic E-state index is -1.12. The largest absolute Gasteiger partial charge is 0.496 e. The van der Waals surface area contributed by atoms with E-state index < -0.39 is 11.5 Å². The number of piperidine rings is 1. The van der Waals surface area contributed by atoms with Crippen molar-refractivity contribution in [3.05, 3.63) is 29.8 Å². The van der Waals surface area contributed by atoms with Gasteiger partial charge in [0.1, 0.15) is 12.4 Å². The Balaban J connectivity index is 2.21. The molecule has 0 saturated carbocycles. The maximum Gasteiger partial charge on any atom is 0.334 e. The van der Waals surface area contributed by atoms with Gasteiger partial charge in [-0.15, -0.1) is 0 Å². The molecule has 1 aliphatic heterocycles. The zero-order valence-corrected chi connectivity index (χ0v) is 18.3. The molecule has 162 valence electrons. The van der Waals surface area contributed by atoms with E-state index in [9.17, 15) is 9.59 Å². The Hall–Kier alpha value is -2.12. The second-order valence-corrected chi connectivity index (χ2v) is 7.60. The van der Waals surface area contributed by atoms with Gasteiger partial charge in [-0.2, -0.15) is 0 Å². The third-order valence-electron chi connectivity index (χ3n) is 5.74. The van der Waals surface area contributed by atoms with Crippen LogP contribution in [0.2, 0.25) is 0 Å². The highest BCUT2D eigenvalue weighted by Crippen LogP contribution is 2.33. The first-order chi connectivity index (χ1) is 13.9. The molecule has 1 aliphatic rings. The maximum atomic E-state index is 12.8. The number of benzene rings is 1. The van der Waals surface area contributed by atoms with E-state index in [1.54, 1.807) is 7.11 Å². The van der Waals surface area contributed by atoms with Gasteiger partial charge in [-0.25, -0.2) is 9.86 Å². The quantitative estimate of drug-likeness (QED) is 0.463. The maximum absolute atomic E-state index is 12.8. The van der Waals surface area contributed by atoms with E-state index in [0.29, 0.717) is 37.7 Å². The lowest BCUT2D eigenvalue weighted by Crippen LogP contribution is -2.62. The lowest BCUT2D eigenvalue weighted by molar-refractivity contribution is -0.240. The summed E-state index contributed by atoms with van der Waals surface area (Å²) in [6.45, 7) is 7.32. The van der Waals surface area contributed by atoms with Gasteiger partial charge in [0.05, 0.1) is 14.2 Å². The van der Waals surface area contributed by atoms with Gasteiger partial charge in [0, 0.05) is 31.6 Å². The number of nitrogens with zero attached hydrogens (tertiary/aromatic N) is 2. The molecule has 0 radical (unpaired) electrons. The summed E-state index contributed by atoms with van der Waals surface area (Å²) in [4.78, 5) is 33.6. The van der Waals surface area contributed by atoms with E-state index in [0.717, 1.165) is 18.4 Å². The Bertz CT molecular complexity index is 686. The molecule has 1 aromatic carbocycles. The van der Waals surface area contributed by atoms with Gasteiger partial charge in [0.25, 0.3) is 0 Å². The van der Waals surface area contributed by atoms with E-state index in [4.69, 9.17) is 14.3 Å². The molecule has 1 fully saturated rings. The lowest BCUT2D eigenvalue weighted by Gasteiger charge is -2.46. The number of hydroxylamine groups is 2. The fourth-order valence-electron chi connectivity index (χ4n) is 4.09. The summed E-state index contributed by atoms with van der Waals surface area (Å²) in [6.07, 6.45) is 3.16. The molecule has 1 unspecified atom stereocenters. The number of methoxy groups -OCH3 is 2. The van der Waals surface area contributed by atoms with E-state index >= 15 is 0 Å². The van der Waals surface area contributed by atoms with Crippen LogP contribution in [0.5, 0.6) is 5.75 Å². The molecule has 7 nitrogen and oxygen atoms in total. The molecule has 0 aromatic heterocycles. The molecule has 0 spiro atoms. The molecule has 29 heavy (non-hydrogen) atoms. The highest BCUT2D eigenvalue weighted by atomic mass is 16.7. The first kappa shape index (κ1) is 23.2. The van der Waals surface area contributed by atoms with Gasteiger partial charge in [0.2, 0.25) is 5.91 Å². The van der Waals surface area contributed by atoms with Gasteiger partial charge in [-0.1, -0.05) is 31.5 Å². The highest BCUT2D eigenvalue weighted by molar-refractivity contribution is 5.86. The van der Waals surface area contributed by atoms with Gasteiger partial charge < -0.3 is 14.4 Å². The number of rotatable bonds is 9. The zero-order valence-electron chi connectivity index (χ0n) is 18.3. The van der Waals surface area contributed by atoms with Crippen LogP contribution in [0.1, 0.15) is 52.0 Å². The lowest BCUT2D eigenvalue weighted by atomic mass is 9.86. The first-order valence-electron chi connectivity index (χ1n) is 10.3. The fourth-order valence-corrected chi connectivity index (χ4v) is 4.09. The Morgan fingerprint density at radius 1 is 1.21 bits per heavy atom. The molecule has 1 aromatic rings. The van der Waals surface area contributed by atoms with Crippen molar-refractivity contribution < 1.29 is 23.9 Å². The molecule has 2 rings (SSSR count). The molecule has 1 amide bonds. The summed E-state index contributed by atoms with van der Waals surface area (Å²) in [5.41, 5.74) is -0.319. The number of carbonyl (C=O) groups excluding carboxylic acids is 2. The summed E-state index contributed by atoms with van der Waals surface area (Å²) >= 11 is 0. The van der Waals surface area contributed by atoms with Crippen LogP contribution in [0.3, 0.4) is 0 Å². The Labute approximate surface area is 173 Å². The first-order valence-corrected chi connectivity index (χ1v) is 10.3. The summed E-state index contributed by atoms with van der Waals surface area (Å²) in [6, 6.07) is 7.89. The minimum Gasteiger partial charge on any atom is -0.496 e. The molecule has 1 heterocycles. The van der Waals surface area contributed by atoms with Crippen molar-refractivity contribution >= 4 is 11.9 Å². The van der Waals surface area contributed by atoms with Gasteiger partial charge in [-0.05, 0) is 32.3 Å². The van der Waals surface area contributed by atoms with E-state index in [2.05, 4.69) is 18.7 Å². The average Bonchev–Trinajstić information content (AvgIpc) is 2.73. The van der Waals surface area contributed by atoms with Crippen LogP contribution in [0, 0.1) is 0 Å². The highest BCUT2D eigenvalue weighted by Gasteiger charge is 2.50. The normalized spacial score (nSPS) is 17.4. The number of hydrogen-bond donors (Lipinski definition) is 0. The van der Waals surface area contributed by atoms with Crippen LogP contribution in [0.15, 0.2) is 24.3 Å². The molecule has 1 atom stereocenters. The third-order valence-corrected chi connectivity index (χ3v) is 5.74. The molecular weight excluding hydrogens is 372 g/mol. The van der Waals surface area contributed by atoms with Crippen molar-refractivity contribution in [3.8, 4) is 5.75 Å². The average molecular weight is 407 g/mol. The molecule has 0 N–H and O–H groups in total. The summed E-state index contributed by atoms with van der Waals surface area (Å²) in [5, 5.41) is 1.23. The SMILES string of the molecule is CCCC(C)N1CCC(C(=O)OC)(N(OCc2ccccc2OC)C(C)=O)CC1. The van der Waals surface area contributed by atoms with Crippen molar-refractivity contribution in [2.45, 2.75) is 64.6 Å². The molecular formula is C22H34N2O5. The minimum absolute atomic E-state index is 0.123. The van der Waals surface area contributed by atoms with E-state index in [1.165, 1.54) is 19.1 Å². The van der Waals surface area contributed by atoms with Crippen molar-refractivity contribution in [1.29, 1.82) is 0 Å². The Morgan fingerprint density at radius 3 is 2.41 bits per heavy atom. The predicted molar refractivity (Wildman–Crippen MR) is 110 cm³/mol. The summed E-state index contributed by atoms with van der Waals surface area (Å²) in [7, 11) is 2.94. The monoisotopic (exact) mass is 406 g/mol. The second kappa shape index (κ2) is 10.6. The van der Waals surface area contributed by atoms with Crippen molar-refractivity contribution in [2.24, 2.45) is 0 Å². The molecule has 7 heteroatoms. The van der Waals surface area contributed by atoms with Gasteiger partial charge >= 0.3 is 5.97 Å². The summed E-state index contributed by atoms with van der Waals surface area (Å²) < 4.78 is 10.5. The number of amides is 1. The number of para-hydroxylation sites is 1. The van der Waals surface area contributed by atoms with Crippen LogP contribution < -0.4 is 4.74 Å². The van der Waals surface area contributed by atoms with Crippen LogP contribution in [0.4, 0.5) is 0 Å². The zero-order chi connectivity index (χ0) is 21.4. The Kier molecular flexibility index (Phi) is 8.46. The number of hydrogen-bond acceptors (Lipinski definition) is 6. The number of carbonyl (C=O) groups is 2. The van der Waals surface area contributed by atoms with Crippen molar-refractivity contribution in [3.63, 3.8) is 0 Å². The van der Waals surface area contributed by atoms with Crippen molar-refractivity contribution in [2.75, 3.05) is 27.3 Å². The molecule has 0 aliphatic carbocycles. The van der Waals surface area contributed by atoms with Crippen molar-refractivity contribution in [1.82, 2.24) is 9.96 Å². The van der Waals surface area contributed by atoms with Gasteiger partial charge in [0.15, 0.2) is 5.54 Å². The predicted octanol–water partition coefficient (Wildman–Crippen LogP) is 3.17. The van der Waals surface area contributed by atoms with Crippen LogP contribution in [-0.4, -0.2) is 60.7 Å². The Morgan fingerprint density at radius 2 is 1.86 bits per heavy atom. The summed E-state index contributed by atoms with van der Waals surface area (Å²) in [5.74, 6) is -0.0813. The smallest absolute Gasteiger partial charge is 0.334 e. The topological polar surface area (TPSA) is 68.3 Å². The third kappa shape index (κ3) is 5.28. The van der Waals surface area contributed by atoms with Crippen LogP contribution >= 0.6 is 0 Å². The molecule has 1 saturated heterocycles. The van der Waals surface area contributed by atoms with Crippen LogP contribution in [-0.2, 0) is 25.8 Å². The number of esters is 1.